The molecule has 0 saturated carbocycles. The van der Waals surface area contributed by atoms with Gasteiger partial charge in [0.2, 0.25) is 0 Å². The summed E-state index contributed by atoms with van der Waals surface area (Å²) < 4.78 is 32.7. The molecule has 1 aromatic carbocycles. The molecule has 0 heterocycles. The van der Waals surface area contributed by atoms with Gasteiger partial charge in [-0.05, 0) is 25.0 Å². The second-order valence-corrected chi connectivity index (χ2v) is 4.78. The van der Waals surface area contributed by atoms with Crippen molar-refractivity contribution < 1.29 is 18.3 Å². The van der Waals surface area contributed by atoms with Crippen molar-refractivity contribution in [3.8, 4) is 0 Å². The van der Waals surface area contributed by atoms with Gasteiger partial charge in [-0.3, -0.25) is 4.79 Å². The van der Waals surface area contributed by atoms with Crippen LogP contribution in [0.15, 0.2) is 12.1 Å². The van der Waals surface area contributed by atoms with Crippen molar-refractivity contribution in [3.05, 3.63) is 29.3 Å². The third kappa shape index (κ3) is 4.97. The molecule has 0 spiro atoms. The lowest BCUT2D eigenvalue weighted by Crippen LogP contribution is -2.37. The summed E-state index contributed by atoms with van der Waals surface area (Å²) in [4.78, 5) is 12.0. The van der Waals surface area contributed by atoms with Crippen molar-refractivity contribution in [3.63, 3.8) is 0 Å². The van der Waals surface area contributed by atoms with Crippen LogP contribution in [0.5, 0.6) is 0 Å². The number of benzene rings is 1. The first-order chi connectivity index (χ1) is 10.0. The van der Waals surface area contributed by atoms with E-state index in [0.717, 1.165) is 18.6 Å². The number of hydrogen-bond acceptors (Lipinski definition) is 3. The monoisotopic (exact) mass is 300 g/mol. The first-order valence-electron chi connectivity index (χ1n) is 7.06. The summed E-state index contributed by atoms with van der Waals surface area (Å²) in [5.74, 6) is -2.06. The lowest BCUT2D eigenvalue weighted by Gasteiger charge is -2.16. The van der Waals surface area contributed by atoms with Crippen LogP contribution in [0.1, 0.15) is 37.0 Å². The van der Waals surface area contributed by atoms with E-state index in [1.165, 1.54) is 7.11 Å². The molecule has 118 valence electrons. The molecule has 0 aromatic heterocycles. The Morgan fingerprint density at radius 1 is 1.29 bits per heavy atom. The topological polar surface area (TPSA) is 50.4 Å². The van der Waals surface area contributed by atoms with Crippen molar-refractivity contribution in [2.75, 3.05) is 25.6 Å². The van der Waals surface area contributed by atoms with Crippen LogP contribution in [-0.2, 0) is 4.74 Å². The minimum Gasteiger partial charge on any atom is -0.383 e. The highest BCUT2D eigenvalue weighted by Gasteiger charge is 2.17. The van der Waals surface area contributed by atoms with Gasteiger partial charge in [-0.25, -0.2) is 8.78 Å². The van der Waals surface area contributed by atoms with E-state index < -0.39 is 17.5 Å². The number of carbonyl (C=O) groups excluding carboxylic acids is 1. The van der Waals surface area contributed by atoms with Crippen LogP contribution in [0.3, 0.4) is 0 Å². The van der Waals surface area contributed by atoms with Gasteiger partial charge in [0.05, 0.1) is 12.6 Å². The van der Waals surface area contributed by atoms with E-state index in [4.69, 9.17) is 4.74 Å². The molecule has 0 saturated heterocycles. The Bertz CT molecular complexity index is 458. The number of carbonyl (C=O) groups is 1. The third-order valence-corrected chi connectivity index (χ3v) is 3.05. The number of anilines is 1. The molecular weight excluding hydrogens is 278 g/mol. The molecular formula is C15H22F2N2O2. The SMILES string of the molecule is CCCNc1c(F)cc(C(=O)NC(CC)COC)cc1F. The number of rotatable bonds is 8. The first-order valence-corrected chi connectivity index (χ1v) is 7.06. The average molecular weight is 300 g/mol. The van der Waals surface area contributed by atoms with Crippen LogP contribution in [0, 0.1) is 11.6 Å². The Morgan fingerprint density at radius 2 is 1.90 bits per heavy atom. The van der Waals surface area contributed by atoms with Gasteiger partial charge in [0.25, 0.3) is 5.91 Å². The second-order valence-electron chi connectivity index (χ2n) is 4.78. The quantitative estimate of drug-likeness (QED) is 0.776. The number of nitrogens with one attached hydrogen (secondary N) is 2. The first kappa shape index (κ1) is 17.4. The van der Waals surface area contributed by atoms with Gasteiger partial charge in [-0.2, -0.15) is 0 Å². The third-order valence-electron chi connectivity index (χ3n) is 3.05. The normalized spacial score (nSPS) is 12.0. The van der Waals surface area contributed by atoms with Gasteiger partial charge in [-0.15, -0.1) is 0 Å². The zero-order valence-corrected chi connectivity index (χ0v) is 12.6. The van der Waals surface area contributed by atoms with Crippen LogP contribution in [-0.4, -0.2) is 32.2 Å². The number of methoxy groups -OCH3 is 1. The predicted octanol–water partition coefficient (Wildman–Crippen LogP) is 2.94. The van der Waals surface area contributed by atoms with Crippen LogP contribution >= 0.6 is 0 Å². The predicted molar refractivity (Wildman–Crippen MR) is 78.6 cm³/mol. The summed E-state index contributed by atoms with van der Waals surface area (Å²) in [5, 5.41) is 5.35. The van der Waals surface area contributed by atoms with Gasteiger partial charge < -0.3 is 15.4 Å². The van der Waals surface area contributed by atoms with E-state index in [1.807, 2.05) is 13.8 Å². The van der Waals surface area contributed by atoms with Gasteiger partial charge in [0.15, 0.2) is 0 Å². The van der Waals surface area contributed by atoms with E-state index in [9.17, 15) is 13.6 Å². The van der Waals surface area contributed by atoms with E-state index in [2.05, 4.69) is 10.6 Å². The van der Waals surface area contributed by atoms with E-state index in [0.29, 0.717) is 19.6 Å². The smallest absolute Gasteiger partial charge is 0.251 e. The second kappa shape index (κ2) is 8.56. The Hall–Kier alpha value is -1.69. The summed E-state index contributed by atoms with van der Waals surface area (Å²) in [6, 6.07) is 1.89. The largest absolute Gasteiger partial charge is 0.383 e. The molecule has 4 nitrogen and oxygen atoms in total. The van der Waals surface area contributed by atoms with Crippen molar-refractivity contribution in [2.24, 2.45) is 0 Å². The standard InChI is InChI=1S/C15H22F2N2O2/c1-4-6-18-14-12(16)7-10(8-13(14)17)15(20)19-11(5-2)9-21-3/h7-8,11,18H,4-6,9H2,1-3H3,(H,19,20). The Balaban J connectivity index is 2.86. The zero-order valence-electron chi connectivity index (χ0n) is 12.6. The van der Waals surface area contributed by atoms with E-state index in [1.54, 1.807) is 0 Å². The molecule has 0 radical (unpaired) electrons. The summed E-state index contributed by atoms with van der Waals surface area (Å²) in [5.41, 5.74) is -0.237. The number of ether oxygens (including phenoxy) is 1. The summed E-state index contributed by atoms with van der Waals surface area (Å²) in [6.07, 6.45) is 1.41. The summed E-state index contributed by atoms with van der Waals surface area (Å²) in [7, 11) is 1.53. The highest BCUT2D eigenvalue weighted by atomic mass is 19.1. The van der Waals surface area contributed by atoms with Crippen molar-refractivity contribution in [2.45, 2.75) is 32.7 Å². The van der Waals surface area contributed by atoms with E-state index >= 15 is 0 Å². The van der Waals surface area contributed by atoms with Gasteiger partial charge in [-0.1, -0.05) is 13.8 Å². The van der Waals surface area contributed by atoms with Crippen LogP contribution in [0.25, 0.3) is 0 Å². The summed E-state index contributed by atoms with van der Waals surface area (Å²) >= 11 is 0. The van der Waals surface area contributed by atoms with Crippen molar-refractivity contribution in [1.82, 2.24) is 5.32 Å². The molecule has 0 fully saturated rings. The molecule has 6 heteroatoms. The number of hydrogen-bond donors (Lipinski definition) is 2. The zero-order chi connectivity index (χ0) is 15.8. The van der Waals surface area contributed by atoms with Crippen molar-refractivity contribution in [1.29, 1.82) is 0 Å². The molecule has 1 atom stereocenters. The molecule has 1 unspecified atom stereocenters. The lowest BCUT2D eigenvalue weighted by atomic mass is 10.1. The average Bonchev–Trinajstić information content (AvgIpc) is 2.45. The Labute approximate surface area is 123 Å². The molecule has 0 bridgehead atoms. The van der Waals surface area contributed by atoms with Gasteiger partial charge >= 0.3 is 0 Å². The van der Waals surface area contributed by atoms with Gasteiger partial charge in [0.1, 0.15) is 17.3 Å². The maximum Gasteiger partial charge on any atom is 0.251 e. The number of amides is 1. The maximum absolute atomic E-state index is 13.9. The highest BCUT2D eigenvalue weighted by Crippen LogP contribution is 2.21. The minimum absolute atomic E-state index is 0.0402. The highest BCUT2D eigenvalue weighted by molar-refractivity contribution is 5.94. The minimum atomic E-state index is -0.770. The molecule has 21 heavy (non-hydrogen) atoms. The molecule has 0 aliphatic rings. The molecule has 1 rings (SSSR count). The number of halogens is 2. The Morgan fingerprint density at radius 3 is 2.38 bits per heavy atom. The van der Waals surface area contributed by atoms with Crippen molar-refractivity contribution >= 4 is 11.6 Å². The fourth-order valence-electron chi connectivity index (χ4n) is 1.85. The fourth-order valence-corrected chi connectivity index (χ4v) is 1.85. The fraction of sp³-hybridized carbons (Fsp3) is 0.533. The maximum atomic E-state index is 13.9. The lowest BCUT2D eigenvalue weighted by molar-refractivity contribution is 0.0894. The summed E-state index contributed by atoms with van der Waals surface area (Å²) in [6.45, 7) is 4.60. The molecule has 2 N–H and O–H groups in total. The van der Waals surface area contributed by atoms with E-state index in [-0.39, 0.29) is 17.3 Å². The molecule has 0 aliphatic carbocycles. The molecule has 0 aliphatic heterocycles. The molecule has 1 amide bonds. The van der Waals surface area contributed by atoms with Crippen LogP contribution in [0.2, 0.25) is 0 Å². The van der Waals surface area contributed by atoms with Gasteiger partial charge in [0, 0.05) is 19.2 Å². The van der Waals surface area contributed by atoms with Crippen LogP contribution in [0.4, 0.5) is 14.5 Å². The Kier molecular flexibility index (Phi) is 7.08. The molecule has 1 aromatic rings. The van der Waals surface area contributed by atoms with Crippen LogP contribution < -0.4 is 10.6 Å².